The Balaban J connectivity index is 0.00000218. The highest BCUT2D eigenvalue weighted by Crippen LogP contribution is 2.60. The molecule has 0 aromatic carbocycles. The largest absolute Gasteiger partial charge is 0.378 e. The number of rotatable bonds is 5. The first-order chi connectivity index (χ1) is 14.3. The van der Waals surface area contributed by atoms with E-state index in [0.717, 1.165) is 57.6 Å². The summed E-state index contributed by atoms with van der Waals surface area (Å²) in [5.74, 6) is 2.68. The second-order valence-corrected chi connectivity index (χ2v) is 10.3. The third-order valence-electron chi connectivity index (χ3n) is 8.66. The Morgan fingerprint density at radius 1 is 1.07 bits per heavy atom. The number of fused-ring (bicyclic) bond motifs is 2. The molecule has 0 radical (unpaired) electrons. The zero-order chi connectivity index (χ0) is 19.7. The van der Waals surface area contributed by atoms with Gasteiger partial charge < -0.3 is 19.7 Å². The molecule has 2 heterocycles. The Bertz CT molecular complexity index is 581. The molecule has 2 saturated heterocycles. The molecule has 3 unspecified atom stereocenters. The average Bonchev–Trinajstić information content (AvgIpc) is 3.51. The number of hydrogen-bond acceptors (Lipinski definition) is 3. The van der Waals surface area contributed by atoms with Gasteiger partial charge in [-0.05, 0) is 57.8 Å². The molecule has 5 rings (SSSR count). The maximum atomic E-state index is 6.30. The van der Waals surface area contributed by atoms with E-state index in [2.05, 4.69) is 17.1 Å². The Labute approximate surface area is 200 Å². The summed E-state index contributed by atoms with van der Waals surface area (Å²) in [6.07, 6.45) is 15.5. The fourth-order valence-corrected chi connectivity index (χ4v) is 7.11. The van der Waals surface area contributed by atoms with E-state index >= 15 is 0 Å². The zero-order valence-electron chi connectivity index (χ0n) is 18.8. The van der Waals surface area contributed by atoms with Gasteiger partial charge in [0.15, 0.2) is 5.96 Å². The standard InChI is InChI=1S/C24H41N3O2.HI/c1-2-25-23(26-21-20-11-16-28-22(20)24(21)12-5-6-13-24)27-14-9-19(10-15-27)29-17-18-7-3-4-8-18;/h18-22H,2-17H2,1H3,(H,25,26);1H. The molecule has 1 N–H and O–H groups in total. The SMILES string of the molecule is CCN=C(NC1C2CCOC2C12CCCC2)N1CCC(OCC2CCCC2)CC1.I. The van der Waals surface area contributed by atoms with E-state index in [0.29, 0.717) is 29.6 Å². The molecule has 6 heteroatoms. The number of nitrogens with zero attached hydrogens (tertiary/aromatic N) is 2. The summed E-state index contributed by atoms with van der Waals surface area (Å²) in [5.41, 5.74) is 0.387. The highest BCUT2D eigenvalue weighted by atomic mass is 127. The van der Waals surface area contributed by atoms with Gasteiger partial charge in [0.25, 0.3) is 0 Å². The molecule has 3 aliphatic carbocycles. The zero-order valence-corrected chi connectivity index (χ0v) is 21.1. The van der Waals surface area contributed by atoms with Crippen molar-refractivity contribution in [2.45, 2.75) is 95.8 Å². The molecular formula is C24H42IN3O2. The molecule has 2 aliphatic heterocycles. The van der Waals surface area contributed by atoms with Crippen molar-refractivity contribution < 1.29 is 9.47 Å². The molecule has 5 nitrogen and oxygen atoms in total. The highest BCUT2D eigenvalue weighted by molar-refractivity contribution is 14.0. The van der Waals surface area contributed by atoms with Crippen LogP contribution in [0.4, 0.5) is 0 Å². The van der Waals surface area contributed by atoms with Crippen molar-refractivity contribution in [2.75, 3.05) is 32.8 Å². The smallest absolute Gasteiger partial charge is 0.194 e. The number of ether oxygens (including phenoxy) is 2. The molecule has 0 amide bonds. The maximum Gasteiger partial charge on any atom is 0.194 e. The van der Waals surface area contributed by atoms with Gasteiger partial charge in [-0.3, -0.25) is 4.99 Å². The van der Waals surface area contributed by atoms with Crippen LogP contribution < -0.4 is 5.32 Å². The van der Waals surface area contributed by atoms with Crippen molar-refractivity contribution in [3.05, 3.63) is 0 Å². The number of piperidine rings is 1. The summed E-state index contributed by atoms with van der Waals surface area (Å²) in [5, 5.41) is 3.97. The predicted molar refractivity (Wildman–Crippen MR) is 132 cm³/mol. The molecule has 3 saturated carbocycles. The van der Waals surface area contributed by atoms with Crippen molar-refractivity contribution in [2.24, 2.45) is 22.2 Å². The molecule has 0 aromatic rings. The normalized spacial score (nSPS) is 34.1. The lowest BCUT2D eigenvalue weighted by Crippen LogP contribution is -2.69. The minimum absolute atomic E-state index is 0. The van der Waals surface area contributed by atoms with Crippen LogP contribution in [0.1, 0.15) is 77.6 Å². The van der Waals surface area contributed by atoms with E-state index in [-0.39, 0.29) is 24.0 Å². The van der Waals surface area contributed by atoms with Gasteiger partial charge in [-0.2, -0.15) is 0 Å². The predicted octanol–water partition coefficient (Wildman–Crippen LogP) is 4.59. The van der Waals surface area contributed by atoms with Crippen LogP contribution in [0.2, 0.25) is 0 Å². The lowest BCUT2D eigenvalue weighted by atomic mass is 9.54. The van der Waals surface area contributed by atoms with Crippen LogP contribution in [0, 0.1) is 17.3 Å². The van der Waals surface area contributed by atoms with Crippen LogP contribution in [0.3, 0.4) is 0 Å². The minimum atomic E-state index is 0. The van der Waals surface area contributed by atoms with Crippen molar-refractivity contribution in [1.82, 2.24) is 10.2 Å². The van der Waals surface area contributed by atoms with Gasteiger partial charge in [0.2, 0.25) is 0 Å². The van der Waals surface area contributed by atoms with Gasteiger partial charge >= 0.3 is 0 Å². The number of guanidine groups is 1. The second kappa shape index (κ2) is 10.2. The van der Waals surface area contributed by atoms with Gasteiger partial charge in [-0.25, -0.2) is 0 Å². The van der Waals surface area contributed by atoms with Crippen molar-refractivity contribution in [3.8, 4) is 0 Å². The third kappa shape index (κ3) is 4.39. The quantitative estimate of drug-likeness (QED) is 0.320. The van der Waals surface area contributed by atoms with Crippen LogP contribution in [0.25, 0.3) is 0 Å². The molecule has 30 heavy (non-hydrogen) atoms. The van der Waals surface area contributed by atoms with E-state index in [4.69, 9.17) is 14.5 Å². The van der Waals surface area contributed by atoms with Gasteiger partial charge in [-0.15, -0.1) is 24.0 Å². The third-order valence-corrected chi connectivity index (χ3v) is 8.66. The van der Waals surface area contributed by atoms with Crippen LogP contribution in [-0.4, -0.2) is 62.0 Å². The first-order valence-corrected chi connectivity index (χ1v) is 12.6. The van der Waals surface area contributed by atoms with Crippen molar-refractivity contribution in [1.29, 1.82) is 0 Å². The van der Waals surface area contributed by atoms with E-state index in [9.17, 15) is 0 Å². The summed E-state index contributed by atoms with van der Waals surface area (Å²) in [7, 11) is 0. The van der Waals surface area contributed by atoms with Gasteiger partial charge in [0, 0.05) is 50.2 Å². The van der Waals surface area contributed by atoms with Crippen LogP contribution in [-0.2, 0) is 9.47 Å². The number of halogens is 1. The van der Waals surface area contributed by atoms with E-state index in [1.807, 2.05) is 0 Å². The molecule has 5 aliphatic rings. The van der Waals surface area contributed by atoms with Crippen LogP contribution in [0.5, 0.6) is 0 Å². The highest BCUT2D eigenvalue weighted by Gasteiger charge is 2.65. The molecule has 1 spiro atoms. The van der Waals surface area contributed by atoms with Gasteiger partial charge in [0.05, 0.1) is 12.2 Å². The summed E-state index contributed by atoms with van der Waals surface area (Å²) >= 11 is 0. The lowest BCUT2D eigenvalue weighted by Gasteiger charge is -2.57. The Kier molecular flexibility index (Phi) is 7.88. The van der Waals surface area contributed by atoms with Crippen LogP contribution >= 0.6 is 24.0 Å². The summed E-state index contributed by atoms with van der Waals surface area (Å²) in [4.78, 5) is 7.43. The fraction of sp³-hybridized carbons (Fsp3) is 0.958. The second-order valence-electron chi connectivity index (χ2n) is 10.3. The number of hydrogen-bond donors (Lipinski definition) is 1. The summed E-state index contributed by atoms with van der Waals surface area (Å²) in [6, 6.07) is 0.569. The summed E-state index contributed by atoms with van der Waals surface area (Å²) < 4.78 is 12.5. The topological polar surface area (TPSA) is 46.1 Å². The van der Waals surface area contributed by atoms with E-state index in [1.165, 1.54) is 57.8 Å². The molecule has 0 aromatic heterocycles. The van der Waals surface area contributed by atoms with E-state index < -0.39 is 0 Å². The molecule has 172 valence electrons. The molecule has 3 atom stereocenters. The molecular weight excluding hydrogens is 489 g/mol. The van der Waals surface area contributed by atoms with Gasteiger partial charge in [-0.1, -0.05) is 25.7 Å². The maximum absolute atomic E-state index is 6.30. The molecule has 0 bridgehead atoms. The number of nitrogens with one attached hydrogen (secondary N) is 1. The van der Waals surface area contributed by atoms with Crippen molar-refractivity contribution in [3.63, 3.8) is 0 Å². The van der Waals surface area contributed by atoms with Crippen LogP contribution in [0.15, 0.2) is 4.99 Å². The Morgan fingerprint density at radius 3 is 2.50 bits per heavy atom. The minimum Gasteiger partial charge on any atom is -0.378 e. The Hall–Kier alpha value is -0.0800. The van der Waals surface area contributed by atoms with Gasteiger partial charge in [0.1, 0.15) is 0 Å². The number of aliphatic imine (C=N–C) groups is 1. The fourth-order valence-electron chi connectivity index (χ4n) is 7.11. The summed E-state index contributed by atoms with van der Waals surface area (Å²) in [6.45, 7) is 7.11. The molecule has 5 fully saturated rings. The lowest BCUT2D eigenvalue weighted by molar-refractivity contribution is -0.125. The monoisotopic (exact) mass is 531 g/mol. The average molecular weight is 532 g/mol. The van der Waals surface area contributed by atoms with E-state index in [1.54, 1.807) is 0 Å². The Morgan fingerprint density at radius 2 is 1.80 bits per heavy atom. The first kappa shape index (κ1) is 23.1. The van der Waals surface area contributed by atoms with Crippen molar-refractivity contribution >= 4 is 29.9 Å². The number of likely N-dealkylation sites (tertiary alicyclic amines) is 1. The first-order valence-electron chi connectivity index (χ1n) is 12.6.